The first-order valence-corrected chi connectivity index (χ1v) is 6.08. The minimum Gasteiger partial charge on any atom is -0.296 e. The molecule has 0 saturated heterocycles. The molecule has 0 aromatic carbocycles. The van der Waals surface area contributed by atoms with E-state index in [4.69, 9.17) is 12.2 Å². The Balaban J connectivity index is 2.56. The highest BCUT2D eigenvalue weighted by Crippen LogP contribution is 2.20. The van der Waals surface area contributed by atoms with Crippen LogP contribution in [0.25, 0.3) is 11.5 Å². The molecule has 0 aliphatic carbocycles. The fourth-order valence-corrected chi connectivity index (χ4v) is 2.05. The molecule has 0 radical (unpaired) electrons. The lowest BCUT2D eigenvalue weighted by Crippen LogP contribution is -2.04. The van der Waals surface area contributed by atoms with Gasteiger partial charge in [-0.2, -0.15) is 5.10 Å². The SMILES string of the molecule is CC(C)n1c(-c2ccc(Br)cn2)n[nH]c1=S. The lowest BCUT2D eigenvalue weighted by Gasteiger charge is -2.09. The Morgan fingerprint density at radius 3 is 2.75 bits per heavy atom. The van der Waals surface area contributed by atoms with Crippen molar-refractivity contribution in [2.75, 3.05) is 0 Å². The van der Waals surface area contributed by atoms with Crippen LogP contribution in [0.5, 0.6) is 0 Å². The van der Waals surface area contributed by atoms with Crippen LogP contribution < -0.4 is 0 Å². The molecule has 0 atom stereocenters. The van der Waals surface area contributed by atoms with Gasteiger partial charge in [-0.15, -0.1) is 0 Å². The number of halogens is 1. The Bertz CT molecular complexity index is 541. The molecule has 2 aromatic heterocycles. The van der Waals surface area contributed by atoms with Gasteiger partial charge in [0.25, 0.3) is 0 Å². The van der Waals surface area contributed by atoms with E-state index in [2.05, 4.69) is 45.0 Å². The molecule has 0 aliphatic rings. The lowest BCUT2D eigenvalue weighted by molar-refractivity contribution is 0.596. The zero-order valence-corrected chi connectivity index (χ0v) is 11.3. The van der Waals surface area contributed by atoms with Gasteiger partial charge >= 0.3 is 0 Å². The van der Waals surface area contributed by atoms with Crippen molar-refractivity contribution in [3.8, 4) is 11.5 Å². The Morgan fingerprint density at radius 1 is 1.44 bits per heavy atom. The zero-order valence-electron chi connectivity index (χ0n) is 8.94. The standard InChI is InChI=1S/C10H11BrN4S/c1-6(2)15-9(13-14-10(15)16)8-4-3-7(11)5-12-8/h3-6H,1-2H3,(H,14,16). The van der Waals surface area contributed by atoms with Crippen molar-refractivity contribution in [3.05, 3.63) is 27.6 Å². The van der Waals surface area contributed by atoms with Gasteiger partial charge in [-0.1, -0.05) is 0 Å². The molecule has 2 heterocycles. The van der Waals surface area contributed by atoms with Gasteiger partial charge in [0, 0.05) is 16.7 Å². The smallest absolute Gasteiger partial charge is 0.195 e. The average molecular weight is 299 g/mol. The van der Waals surface area contributed by atoms with Crippen LogP contribution in [0.4, 0.5) is 0 Å². The van der Waals surface area contributed by atoms with Crippen LogP contribution in [0.1, 0.15) is 19.9 Å². The monoisotopic (exact) mass is 298 g/mol. The molecule has 0 aliphatic heterocycles. The van der Waals surface area contributed by atoms with E-state index in [-0.39, 0.29) is 6.04 Å². The van der Waals surface area contributed by atoms with Crippen molar-refractivity contribution in [1.82, 2.24) is 19.7 Å². The van der Waals surface area contributed by atoms with Gasteiger partial charge in [0.2, 0.25) is 0 Å². The van der Waals surface area contributed by atoms with E-state index in [0.29, 0.717) is 4.77 Å². The number of aromatic amines is 1. The van der Waals surface area contributed by atoms with Gasteiger partial charge in [-0.05, 0) is 54.1 Å². The van der Waals surface area contributed by atoms with Gasteiger partial charge < -0.3 is 0 Å². The third kappa shape index (κ3) is 2.08. The van der Waals surface area contributed by atoms with Crippen molar-refractivity contribution in [1.29, 1.82) is 0 Å². The average Bonchev–Trinajstić information content (AvgIpc) is 2.61. The molecule has 4 nitrogen and oxygen atoms in total. The molecule has 0 spiro atoms. The van der Waals surface area contributed by atoms with Crippen molar-refractivity contribution in [2.24, 2.45) is 0 Å². The van der Waals surface area contributed by atoms with Gasteiger partial charge in [-0.3, -0.25) is 14.6 Å². The van der Waals surface area contributed by atoms with Gasteiger partial charge in [0.05, 0.1) is 0 Å². The fraction of sp³-hybridized carbons (Fsp3) is 0.300. The van der Waals surface area contributed by atoms with Crippen molar-refractivity contribution in [3.63, 3.8) is 0 Å². The zero-order chi connectivity index (χ0) is 11.7. The molecule has 16 heavy (non-hydrogen) atoms. The second-order valence-electron chi connectivity index (χ2n) is 3.68. The van der Waals surface area contributed by atoms with Crippen molar-refractivity contribution >= 4 is 28.1 Å². The molecule has 2 aromatic rings. The molecule has 1 N–H and O–H groups in total. The van der Waals surface area contributed by atoms with E-state index in [9.17, 15) is 0 Å². The highest BCUT2D eigenvalue weighted by Gasteiger charge is 2.11. The van der Waals surface area contributed by atoms with E-state index in [0.717, 1.165) is 16.0 Å². The third-order valence-corrected chi connectivity index (χ3v) is 2.93. The van der Waals surface area contributed by atoms with Gasteiger partial charge in [0.1, 0.15) is 5.69 Å². The summed E-state index contributed by atoms with van der Waals surface area (Å²) in [7, 11) is 0. The molecular weight excluding hydrogens is 288 g/mol. The predicted molar refractivity (Wildman–Crippen MR) is 68.7 cm³/mol. The molecular formula is C10H11BrN4S. The Kier molecular flexibility index (Phi) is 3.20. The lowest BCUT2D eigenvalue weighted by atomic mass is 10.3. The molecule has 0 bridgehead atoms. The Labute approximate surface area is 107 Å². The van der Waals surface area contributed by atoms with E-state index in [1.807, 2.05) is 16.7 Å². The largest absolute Gasteiger partial charge is 0.296 e. The molecule has 2 rings (SSSR count). The van der Waals surface area contributed by atoms with Crippen LogP contribution in [0, 0.1) is 4.77 Å². The number of pyridine rings is 1. The summed E-state index contributed by atoms with van der Waals surface area (Å²) in [5.41, 5.74) is 0.809. The van der Waals surface area contributed by atoms with E-state index in [1.165, 1.54) is 0 Å². The number of H-pyrrole nitrogens is 1. The van der Waals surface area contributed by atoms with Gasteiger partial charge in [0.15, 0.2) is 10.6 Å². The van der Waals surface area contributed by atoms with Crippen LogP contribution in [-0.4, -0.2) is 19.7 Å². The molecule has 6 heteroatoms. The molecule has 0 saturated carbocycles. The maximum absolute atomic E-state index is 5.18. The molecule has 0 amide bonds. The summed E-state index contributed by atoms with van der Waals surface area (Å²) in [5, 5.41) is 7.00. The van der Waals surface area contributed by atoms with Crippen LogP contribution in [0.15, 0.2) is 22.8 Å². The molecule has 0 unspecified atom stereocenters. The summed E-state index contributed by atoms with van der Waals surface area (Å²) in [4.78, 5) is 4.31. The maximum atomic E-state index is 5.18. The van der Waals surface area contributed by atoms with Crippen LogP contribution in [0.3, 0.4) is 0 Å². The summed E-state index contributed by atoms with van der Waals surface area (Å²) < 4.78 is 3.52. The highest BCUT2D eigenvalue weighted by molar-refractivity contribution is 9.10. The Morgan fingerprint density at radius 2 is 2.19 bits per heavy atom. The maximum Gasteiger partial charge on any atom is 0.195 e. The summed E-state index contributed by atoms with van der Waals surface area (Å²) in [6.45, 7) is 4.13. The first kappa shape index (κ1) is 11.5. The quantitative estimate of drug-likeness (QED) is 0.865. The summed E-state index contributed by atoms with van der Waals surface area (Å²) in [5.74, 6) is 0.771. The van der Waals surface area contributed by atoms with Crippen molar-refractivity contribution in [2.45, 2.75) is 19.9 Å². The number of rotatable bonds is 2. The summed E-state index contributed by atoms with van der Waals surface area (Å²) in [6.07, 6.45) is 1.75. The van der Waals surface area contributed by atoms with Crippen LogP contribution in [0.2, 0.25) is 0 Å². The van der Waals surface area contributed by atoms with E-state index >= 15 is 0 Å². The summed E-state index contributed by atoms with van der Waals surface area (Å²) in [6, 6.07) is 4.10. The molecule has 84 valence electrons. The first-order chi connectivity index (χ1) is 7.59. The number of nitrogens with one attached hydrogen (secondary N) is 1. The number of hydrogen-bond acceptors (Lipinski definition) is 3. The number of aromatic nitrogens is 4. The van der Waals surface area contributed by atoms with Crippen LogP contribution >= 0.6 is 28.1 Å². The normalized spacial score (nSPS) is 11.0. The van der Waals surface area contributed by atoms with Gasteiger partial charge in [-0.25, -0.2) is 0 Å². The van der Waals surface area contributed by atoms with Crippen LogP contribution in [-0.2, 0) is 0 Å². The number of hydrogen-bond donors (Lipinski definition) is 1. The minimum atomic E-state index is 0.256. The third-order valence-electron chi connectivity index (χ3n) is 2.18. The second kappa shape index (κ2) is 4.47. The fourth-order valence-electron chi connectivity index (χ4n) is 1.47. The highest BCUT2D eigenvalue weighted by atomic mass is 79.9. The van der Waals surface area contributed by atoms with E-state index < -0.39 is 0 Å². The second-order valence-corrected chi connectivity index (χ2v) is 4.98. The minimum absolute atomic E-state index is 0.256. The first-order valence-electron chi connectivity index (χ1n) is 4.88. The molecule has 0 fully saturated rings. The topological polar surface area (TPSA) is 46.5 Å². The predicted octanol–water partition coefficient (Wildman–Crippen LogP) is 3.35. The summed E-state index contributed by atoms with van der Waals surface area (Å²) >= 11 is 8.54. The Hall–Kier alpha value is -1.01. The van der Waals surface area contributed by atoms with E-state index in [1.54, 1.807) is 6.20 Å². The van der Waals surface area contributed by atoms with Crippen molar-refractivity contribution < 1.29 is 0 Å². The number of nitrogens with zero attached hydrogens (tertiary/aromatic N) is 3.